The highest BCUT2D eigenvalue weighted by Crippen LogP contribution is 2.23. The monoisotopic (exact) mass is 314 g/mol. The van der Waals surface area contributed by atoms with Gasteiger partial charge in [-0.2, -0.15) is 4.31 Å². The van der Waals surface area contributed by atoms with Gasteiger partial charge in [0.2, 0.25) is 10.0 Å². The van der Waals surface area contributed by atoms with E-state index in [0.29, 0.717) is 24.6 Å². The molecule has 0 aliphatic carbocycles. The van der Waals surface area contributed by atoms with Gasteiger partial charge >= 0.3 is 0 Å². The minimum Gasteiger partial charge on any atom is -0.383 e. The Kier molecular flexibility index (Phi) is 7.31. The van der Waals surface area contributed by atoms with E-state index in [1.54, 1.807) is 26.3 Å². The van der Waals surface area contributed by atoms with E-state index in [9.17, 15) is 8.42 Å². The first kappa shape index (κ1) is 18.1. The Labute approximate surface area is 128 Å². The molecule has 1 unspecified atom stereocenters. The normalized spacial score (nSPS) is 13.6. The van der Waals surface area contributed by atoms with Gasteiger partial charge in [-0.05, 0) is 32.0 Å². The van der Waals surface area contributed by atoms with Gasteiger partial charge in [-0.3, -0.25) is 0 Å². The van der Waals surface area contributed by atoms with Crippen LogP contribution in [0.4, 0.5) is 0 Å². The van der Waals surface area contributed by atoms with Crippen molar-refractivity contribution < 1.29 is 13.2 Å². The molecule has 0 fully saturated rings. The third kappa shape index (κ3) is 4.51. The first-order valence-corrected chi connectivity index (χ1v) is 8.66. The van der Waals surface area contributed by atoms with Crippen LogP contribution >= 0.6 is 0 Å². The molecule has 0 spiro atoms. The van der Waals surface area contributed by atoms with E-state index >= 15 is 0 Å². The molecule has 0 heterocycles. The highest BCUT2D eigenvalue weighted by molar-refractivity contribution is 7.89. The zero-order valence-corrected chi connectivity index (χ0v) is 14.1. The maximum atomic E-state index is 13.0. The Bertz CT molecular complexity index is 531. The number of sulfonamides is 1. The summed E-state index contributed by atoms with van der Waals surface area (Å²) in [7, 11) is -0.138. The number of methoxy groups -OCH3 is 1. The van der Waals surface area contributed by atoms with Gasteiger partial charge < -0.3 is 10.1 Å². The van der Waals surface area contributed by atoms with E-state index in [2.05, 4.69) is 5.32 Å². The summed E-state index contributed by atoms with van der Waals surface area (Å²) in [5.74, 6) is 0. The molecule has 0 aliphatic heterocycles. The molecule has 1 rings (SSSR count). The Morgan fingerprint density at radius 3 is 2.57 bits per heavy atom. The zero-order chi connectivity index (χ0) is 15.9. The predicted octanol–water partition coefficient (Wildman–Crippen LogP) is 1.84. The maximum Gasteiger partial charge on any atom is 0.243 e. The lowest BCUT2D eigenvalue weighted by Gasteiger charge is -2.28. The van der Waals surface area contributed by atoms with Gasteiger partial charge in [0, 0.05) is 26.2 Å². The predicted molar refractivity (Wildman–Crippen MR) is 84.7 cm³/mol. The quantitative estimate of drug-likeness (QED) is 0.755. The van der Waals surface area contributed by atoms with Crippen molar-refractivity contribution in [2.24, 2.45) is 0 Å². The van der Waals surface area contributed by atoms with Crippen LogP contribution in [0.25, 0.3) is 0 Å². The Morgan fingerprint density at radius 2 is 2.00 bits per heavy atom. The minimum atomic E-state index is -3.52. The molecule has 0 amide bonds. The number of ether oxygens (including phenoxy) is 1. The molecule has 5 nitrogen and oxygen atoms in total. The molecule has 1 aromatic carbocycles. The summed E-state index contributed by atoms with van der Waals surface area (Å²) < 4.78 is 32.5. The second kappa shape index (κ2) is 8.48. The number of benzene rings is 1. The lowest BCUT2D eigenvalue weighted by atomic mass is 10.2. The van der Waals surface area contributed by atoms with Gasteiger partial charge in [-0.1, -0.05) is 25.1 Å². The summed E-state index contributed by atoms with van der Waals surface area (Å²) in [6.45, 7) is 5.18. The molecule has 1 N–H and O–H groups in total. The highest BCUT2D eigenvalue weighted by Gasteiger charge is 2.29. The number of nitrogens with one attached hydrogen (secondary N) is 1. The van der Waals surface area contributed by atoms with Crippen LogP contribution < -0.4 is 5.32 Å². The standard InChI is InChI=1S/C15H26N2O3S/c1-5-13(2)17(10-11-20-4)21(18,19)15-9-7-6-8-14(15)12-16-3/h6-9,13,16H,5,10-12H2,1-4H3. The fourth-order valence-electron chi connectivity index (χ4n) is 2.18. The lowest BCUT2D eigenvalue weighted by Crippen LogP contribution is -2.40. The molecule has 0 saturated heterocycles. The summed E-state index contributed by atoms with van der Waals surface area (Å²) in [6, 6.07) is 7.07. The number of hydrogen-bond donors (Lipinski definition) is 1. The molecule has 0 bridgehead atoms. The van der Waals surface area contributed by atoms with Crippen LogP contribution in [-0.4, -0.2) is 46.1 Å². The third-order valence-electron chi connectivity index (χ3n) is 3.52. The fourth-order valence-corrected chi connectivity index (χ4v) is 4.09. The topological polar surface area (TPSA) is 58.6 Å². The van der Waals surface area contributed by atoms with E-state index < -0.39 is 10.0 Å². The fraction of sp³-hybridized carbons (Fsp3) is 0.600. The second-order valence-electron chi connectivity index (χ2n) is 5.00. The minimum absolute atomic E-state index is 0.0622. The van der Waals surface area contributed by atoms with Gasteiger partial charge in [0.05, 0.1) is 11.5 Å². The number of nitrogens with zero attached hydrogens (tertiary/aromatic N) is 1. The molecule has 1 aromatic rings. The van der Waals surface area contributed by atoms with Crippen molar-refractivity contribution in [1.29, 1.82) is 0 Å². The molecule has 0 aromatic heterocycles. The van der Waals surface area contributed by atoms with Crippen LogP contribution in [0.2, 0.25) is 0 Å². The van der Waals surface area contributed by atoms with Crippen LogP contribution in [0.1, 0.15) is 25.8 Å². The van der Waals surface area contributed by atoms with E-state index in [1.165, 1.54) is 4.31 Å². The van der Waals surface area contributed by atoms with Crippen molar-refractivity contribution in [3.8, 4) is 0 Å². The number of hydrogen-bond acceptors (Lipinski definition) is 4. The van der Waals surface area contributed by atoms with E-state index in [-0.39, 0.29) is 6.04 Å². The van der Waals surface area contributed by atoms with Crippen LogP contribution in [0, 0.1) is 0 Å². The molecule has 0 radical (unpaired) electrons. The third-order valence-corrected chi connectivity index (χ3v) is 5.64. The maximum absolute atomic E-state index is 13.0. The zero-order valence-electron chi connectivity index (χ0n) is 13.3. The summed E-state index contributed by atoms with van der Waals surface area (Å²) in [5.41, 5.74) is 0.783. The molecule has 0 saturated carbocycles. The van der Waals surface area contributed by atoms with Crippen molar-refractivity contribution in [3.63, 3.8) is 0 Å². The van der Waals surface area contributed by atoms with E-state index in [4.69, 9.17) is 4.74 Å². The van der Waals surface area contributed by atoms with E-state index in [1.807, 2.05) is 26.0 Å². The van der Waals surface area contributed by atoms with E-state index in [0.717, 1.165) is 12.0 Å². The Morgan fingerprint density at radius 1 is 1.33 bits per heavy atom. The first-order chi connectivity index (χ1) is 9.98. The molecular weight excluding hydrogens is 288 g/mol. The Hall–Kier alpha value is -0.950. The van der Waals surface area contributed by atoms with Crippen LogP contribution in [0.5, 0.6) is 0 Å². The largest absolute Gasteiger partial charge is 0.383 e. The highest BCUT2D eigenvalue weighted by atomic mass is 32.2. The molecule has 1 atom stereocenters. The lowest BCUT2D eigenvalue weighted by molar-refractivity contribution is 0.167. The van der Waals surface area contributed by atoms with Crippen LogP contribution in [-0.2, 0) is 21.3 Å². The van der Waals surface area contributed by atoms with Crippen molar-refractivity contribution in [3.05, 3.63) is 29.8 Å². The summed E-state index contributed by atoms with van der Waals surface area (Å²) in [5, 5.41) is 3.01. The summed E-state index contributed by atoms with van der Waals surface area (Å²) in [6.07, 6.45) is 0.761. The van der Waals surface area contributed by atoms with Crippen molar-refractivity contribution in [1.82, 2.24) is 9.62 Å². The Balaban J connectivity index is 3.22. The van der Waals surface area contributed by atoms with Crippen LogP contribution in [0.15, 0.2) is 29.2 Å². The van der Waals surface area contributed by atoms with Crippen LogP contribution in [0.3, 0.4) is 0 Å². The smallest absolute Gasteiger partial charge is 0.243 e. The molecule has 21 heavy (non-hydrogen) atoms. The van der Waals surface area contributed by atoms with Gasteiger partial charge in [-0.25, -0.2) is 8.42 Å². The molecule has 6 heteroatoms. The van der Waals surface area contributed by atoms with Crippen molar-refractivity contribution >= 4 is 10.0 Å². The SMILES string of the molecule is CCC(C)N(CCOC)S(=O)(=O)c1ccccc1CNC. The average molecular weight is 314 g/mol. The summed E-state index contributed by atoms with van der Waals surface area (Å²) in [4.78, 5) is 0.371. The molecule has 120 valence electrons. The first-order valence-electron chi connectivity index (χ1n) is 7.22. The average Bonchev–Trinajstić information content (AvgIpc) is 2.48. The van der Waals surface area contributed by atoms with Gasteiger partial charge in [0.1, 0.15) is 0 Å². The summed E-state index contributed by atoms with van der Waals surface area (Å²) >= 11 is 0. The van der Waals surface area contributed by atoms with Gasteiger partial charge in [0.25, 0.3) is 0 Å². The molecular formula is C15H26N2O3S. The van der Waals surface area contributed by atoms with Crippen molar-refractivity contribution in [2.75, 3.05) is 27.3 Å². The van der Waals surface area contributed by atoms with Gasteiger partial charge in [0.15, 0.2) is 0 Å². The molecule has 0 aliphatic rings. The second-order valence-corrected chi connectivity index (χ2v) is 6.86. The number of rotatable bonds is 9. The van der Waals surface area contributed by atoms with Gasteiger partial charge in [-0.15, -0.1) is 0 Å². The van der Waals surface area contributed by atoms with Crippen molar-refractivity contribution in [2.45, 2.75) is 37.8 Å².